The van der Waals surface area contributed by atoms with E-state index >= 15 is 0 Å². The Labute approximate surface area is 145 Å². The first-order valence-corrected chi connectivity index (χ1v) is 7.69. The van der Waals surface area contributed by atoms with Crippen LogP contribution in [0.4, 0.5) is 5.95 Å². The number of para-hydroxylation sites is 1. The normalized spacial score (nSPS) is 11.4. The Hall–Kier alpha value is -3.41. The largest absolute Gasteiger partial charge is 0.507 e. The number of aromatic nitrogens is 3. The lowest BCUT2D eigenvalue weighted by Gasteiger charge is -2.07. The van der Waals surface area contributed by atoms with E-state index in [2.05, 4.69) is 15.0 Å². The summed E-state index contributed by atoms with van der Waals surface area (Å²) in [6.07, 6.45) is 1.95. The number of methoxy groups -OCH3 is 1. The molecule has 0 unspecified atom stereocenters. The van der Waals surface area contributed by atoms with E-state index in [9.17, 15) is 5.11 Å². The number of allylic oxidation sites excluding steroid dienone is 1. The minimum absolute atomic E-state index is 0.0934. The number of ether oxygens (including phenoxy) is 1. The van der Waals surface area contributed by atoms with E-state index < -0.39 is 0 Å². The zero-order valence-corrected chi connectivity index (χ0v) is 14.0. The molecule has 3 aromatic rings. The van der Waals surface area contributed by atoms with E-state index in [1.165, 1.54) is 0 Å². The number of anilines is 1. The maximum Gasteiger partial charge on any atom is 0.224 e. The second-order valence-corrected chi connectivity index (χ2v) is 5.46. The average molecular weight is 334 g/mol. The molecule has 0 saturated carbocycles. The third-order valence-corrected chi connectivity index (χ3v) is 3.65. The Morgan fingerprint density at radius 1 is 1.04 bits per heavy atom. The first-order valence-electron chi connectivity index (χ1n) is 7.69. The number of aromatic hydroxyl groups is 1. The summed E-state index contributed by atoms with van der Waals surface area (Å²) >= 11 is 0. The molecule has 0 aliphatic carbocycles. The third kappa shape index (κ3) is 3.74. The van der Waals surface area contributed by atoms with Crippen molar-refractivity contribution in [2.75, 3.05) is 12.8 Å². The van der Waals surface area contributed by atoms with Gasteiger partial charge in [0.1, 0.15) is 11.5 Å². The fourth-order valence-corrected chi connectivity index (χ4v) is 2.37. The van der Waals surface area contributed by atoms with Crippen LogP contribution in [0.3, 0.4) is 0 Å². The number of phenolic OH excluding ortho intramolecular Hbond substituents is 1. The molecule has 3 rings (SSSR count). The van der Waals surface area contributed by atoms with Gasteiger partial charge < -0.3 is 15.6 Å². The van der Waals surface area contributed by atoms with Crippen molar-refractivity contribution >= 4 is 17.6 Å². The van der Waals surface area contributed by atoms with Crippen molar-refractivity contribution in [1.82, 2.24) is 15.0 Å². The molecule has 25 heavy (non-hydrogen) atoms. The van der Waals surface area contributed by atoms with Gasteiger partial charge >= 0.3 is 0 Å². The fraction of sp³-hybridized carbons (Fsp3) is 0.105. The summed E-state index contributed by atoms with van der Waals surface area (Å²) in [5, 5.41) is 10.0. The highest BCUT2D eigenvalue weighted by Crippen LogP contribution is 2.27. The number of hydrogen-bond donors (Lipinski definition) is 2. The van der Waals surface area contributed by atoms with E-state index in [1.807, 2.05) is 37.3 Å². The first kappa shape index (κ1) is 16.4. The van der Waals surface area contributed by atoms with Crippen molar-refractivity contribution in [2.24, 2.45) is 0 Å². The van der Waals surface area contributed by atoms with Crippen LogP contribution in [0.15, 0.2) is 48.5 Å². The highest BCUT2D eigenvalue weighted by Gasteiger charge is 2.11. The van der Waals surface area contributed by atoms with E-state index in [0.717, 1.165) is 16.9 Å². The molecule has 0 aliphatic heterocycles. The molecule has 0 aliphatic rings. The molecule has 0 saturated heterocycles. The summed E-state index contributed by atoms with van der Waals surface area (Å²) in [6.45, 7) is 1.90. The number of phenols is 1. The predicted octanol–water partition coefficient (Wildman–Crippen LogP) is 3.40. The summed E-state index contributed by atoms with van der Waals surface area (Å²) in [5.74, 6) is 1.78. The van der Waals surface area contributed by atoms with Crippen LogP contribution in [0.2, 0.25) is 0 Å². The Morgan fingerprint density at radius 3 is 2.44 bits per heavy atom. The molecule has 0 radical (unpaired) electrons. The van der Waals surface area contributed by atoms with Crippen LogP contribution >= 0.6 is 0 Å². The maximum absolute atomic E-state index is 10.0. The monoisotopic (exact) mass is 334 g/mol. The number of benzene rings is 2. The van der Waals surface area contributed by atoms with Crippen molar-refractivity contribution in [3.05, 3.63) is 59.9 Å². The molecule has 1 heterocycles. The Kier molecular flexibility index (Phi) is 4.61. The molecule has 0 amide bonds. The van der Waals surface area contributed by atoms with E-state index in [0.29, 0.717) is 17.2 Å². The number of nitrogens with zero attached hydrogens (tertiary/aromatic N) is 3. The van der Waals surface area contributed by atoms with Gasteiger partial charge in [-0.1, -0.05) is 24.3 Å². The summed E-state index contributed by atoms with van der Waals surface area (Å²) in [5.41, 5.74) is 8.15. The molecule has 2 aromatic carbocycles. The Bertz CT molecular complexity index is 921. The molecule has 6 nitrogen and oxygen atoms in total. The topological polar surface area (TPSA) is 94.2 Å². The van der Waals surface area contributed by atoms with Crippen LogP contribution in [0, 0.1) is 0 Å². The molecule has 6 heteroatoms. The second-order valence-electron chi connectivity index (χ2n) is 5.46. The van der Waals surface area contributed by atoms with Gasteiger partial charge in [-0.2, -0.15) is 9.97 Å². The van der Waals surface area contributed by atoms with Gasteiger partial charge in [0.15, 0.2) is 11.6 Å². The van der Waals surface area contributed by atoms with Crippen molar-refractivity contribution in [1.29, 1.82) is 0 Å². The SMILES string of the molecule is COc1ccc(/C=C(\C)c2nc(N)nc(-c3ccccc3O)n2)cc1. The summed E-state index contributed by atoms with van der Waals surface area (Å²) in [4.78, 5) is 12.8. The van der Waals surface area contributed by atoms with Crippen LogP contribution in [0.25, 0.3) is 23.0 Å². The molecule has 0 spiro atoms. The summed E-state index contributed by atoms with van der Waals surface area (Å²) in [6, 6.07) is 14.5. The lowest BCUT2D eigenvalue weighted by molar-refractivity contribution is 0.415. The highest BCUT2D eigenvalue weighted by molar-refractivity contribution is 5.78. The first-order chi connectivity index (χ1) is 12.1. The number of nitrogen functional groups attached to an aromatic ring is 1. The average Bonchev–Trinajstić information content (AvgIpc) is 2.62. The van der Waals surface area contributed by atoms with Gasteiger partial charge in [0, 0.05) is 0 Å². The van der Waals surface area contributed by atoms with Gasteiger partial charge in [-0.05, 0) is 48.4 Å². The quantitative estimate of drug-likeness (QED) is 0.759. The Morgan fingerprint density at radius 2 is 1.76 bits per heavy atom. The minimum atomic E-state index is 0.0934. The smallest absolute Gasteiger partial charge is 0.224 e. The number of nitrogens with two attached hydrogens (primary N) is 1. The van der Waals surface area contributed by atoms with Gasteiger partial charge in [0.25, 0.3) is 0 Å². The van der Waals surface area contributed by atoms with Gasteiger partial charge in [-0.3, -0.25) is 0 Å². The summed E-state index contributed by atoms with van der Waals surface area (Å²) in [7, 11) is 1.63. The van der Waals surface area contributed by atoms with Crippen LogP contribution < -0.4 is 10.5 Å². The molecule has 0 fully saturated rings. The third-order valence-electron chi connectivity index (χ3n) is 3.65. The maximum atomic E-state index is 10.0. The molecular weight excluding hydrogens is 316 g/mol. The van der Waals surface area contributed by atoms with Gasteiger partial charge in [-0.25, -0.2) is 4.98 Å². The van der Waals surface area contributed by atoms with Crippen LogP contribution in [0.5, 0.6) is 11.5 Å². The zero-order chi connectivity index (χ0) is 17.8. The Balaban J connectivity index is 1.99. The zero-order valence-electron chi connectivity index (χ0n) is 14.0. The standard InChI is InChI=1S/C19H18N4O2/c1-12(11-13-7-9-14(25-2)10-8-13)17-21-18(23-19(20)22-17)15-5-3-4-6-16(15)24/h3-11,24H,1-2H3,(H2,20,21,22,23)/b12-11+. The molecule has 0 bridgehead atoms. The molecular formula is C19H18N4O2. The van der Waals surface area contributed by atoms with E-state index in [4.69, 9.17) is 10.5 Å². The molecule has 126 valence electrons. The van der Waals surface area contributed by atoms with Gasteiger partial charge in [-0.15, -0.1) is 0 Å². The molecule has 1 aromatic heterocycles. The van der Waals surface area contributed by atoms with Crippen molar-refractivity contribution in [3.63, 3.8) is 0 Å². The molecule has 0 atom stereocenters. The van der Waals surface area contributed by atoms with Crippen LogP contribution in [0.1, 0.15) is 18.3 Å². The number of hydrogen-bond acceptors (Lipinski definition) is 6. The van der Waals surface area contributed by atoms with Gasteiger partial charge in [0.05, 0.1) is 12.7 Å². The van der Waals surface area contributed by atoms with E-state index in [-0.39, 0.29) is 11.7 Å². The van der Waals surface area contributed by atoms with Gasteiger partial charge in [0.2, 0.25) is 5.95 Å². The fourth-order valence-electron chi connectivity index (χ4n) is 2.37. The van der Waals surface area contributed by atoms with Crippen LogP contribution in [-0.4, -0.2) is 27.2 Å². The predicted molar refractivity (Wildman–Crippen MR) is 97.9 cm³/mol. The van der Waals surface area contributed by atoms with Crippen LogP contribution in [-0.2, 0) is 0 Å². The van der Waals surface area contributed by atoms with Crippen molar-refractivity contribution in [2.45, 2.75) is 6.92 Å². The van der Waals surface area contributed by atoms with Crippen molar-refractivity contribution < 1.29 is 9.84 Å². The molecule has 3 N–H and O–H groups in total. The lowest BCUT2D eigenvalue weighted by atomic mass is 10.1. The number of rotatable bonds is 4. The second kappa shape index (κ2) is 7.00. The van der Waals surface area contributed by atoms with Crippen molar-refractivity contribution in [3.8, 4) is 22.9 Å². The summed E-state index contributed by atoms with van der Waals surface area (Å²) < 4.78 is 5.16. The highest BCUT2D eigenvalue weighted by atomic mass is 16.5. The minimum Gasteiger partial charge on any atom is -0.507 e. The lowest BCUT2D eigenvalue weighted by Crippen LogP contribution is -2.04. The van der Waals surface area contributed by atoms with E-state index in [1.54, 1.807) is 31.4 Å².